The summed E-state index contributed by atoms with van der Waals surface area (Å²) in [6.45, 7) is 8.62. The standard InChI is InChI=1S/C64H45N5/c1-40-27-41(2)30-52(29-40)50-23-25-61-57(33-50)58-34-51(53-31-42(3)28-43(4)32-53)24-26-62(58)69(61)63-55(46-19-15-44(38-65)16-20-46)35-54(36-56(63)47-21-17-45(39-66)18-22-47)60-37-59(48-11-7-5-8-12-48)67-64(68-60)49-13-9-6-10-14-49/h5-37H,1-4H3. The molecule has 5 heteroatoms. The highest BCUT2D eigenvalue weighted by molar-refractivity contribution is 6.13. The van der Waals surface area contributed by atoms with E-state index in [0.29, 0.717) is 17.0 Å². The van der Waals surface area contributed by atoms with Crippen molar-refractivity contribution < 1.29 is 0 Å². The van der Waals surface area contributed by atoms with Crippen LogP contribution in [0.1, 0.15) is 33.4 Å². The topological polar surface area (TPSA) is 78.3 Å². The molecule has 0 fully saturated rings. The lowest BCUT2D eigenvalue weighted by Crippen LogP contribution is -2.03. The van der Waals surface area contributed by atoms with Crippen LogP contribution in [0, 0.1) is 50.4 Å². The third-order valence-corrected chi connectivity index (χ3v) is 13.0. The van der Waals surface area contributed by atoms with E-state index in [9.17, 15) is 10.5 Å². The summed E-state index contributed by atoms with van der Waals surface area (Å²) in [5.74, 6) is 0.623. The highest BCUT2D eigenvalue weighted by Crippen LogP contribution is 2.46. The number of benzene rings is 9. The van der Waals surface area contributed by atoms with E-state index in [-0.39, 0.29) is 0 Å². The molecule has 0 spiro atoms. The summed E-state index contributed by atoms with van der Waals surface area (Å²) in [6, 6.07) is 74.4. The molecule has 0 saturated carbocycles. The van der Waals surface area contributed by atoms with Crippen LogP contribution in [0.15, 0.2) is 200 Å². The molecule has 11 aromatic rings. The molecular weight excluding hydrogens is 839 g/mol. The zero-order valence-corrected chi connectivity index (χ0v) is 38.8. The van der Waals surface area contributed by atoms with Crippen LogP contribution in [0.2, 0.25) is 0 Å². The third-order valence-electron chi connectivity index (χ3n) is 13.0. The first-order chi connectivity index (χ1) is 33.7. The summed E-state index contributed by atoms with van der Waals surface area (Å²) < 4.78 is 2.41. The summed E-state index contributed by atoms with van der Waals surface area (Å²) in [6.07, 6.45) is 0. The Hall–Kier alpha value is -9.16. The minimum absolute atomic E-state index is 0.578. The van der Waals surface area contributed by atoms with Crippen molar-refractivity contribution in [3.63, 3.8) is 0 Å². The number of rotatable bonds is 8. The number of nitrogens with zero attached hydrogens (tertiary/aromatic N) is 5. The van der Waals surface area contributed by atoms with E-state index >= 15 is 0 Å². The summed E-state index contributed by atoms with van der Waals surface area (Å²) >= 11 is 0. The van der Waals surface area contributed by atoms with Gasteiger partial charge in [-0.3, -0.25) is 0 Å². The molecule has 0 unspecified atom stereocenters. The van der Waals surface area contributed by atoms with Gasteiger partial charge in [0, 0.05) is 38.6 Å². The zero-order chi connectivity index (χ0) is 47.2. The molecule has 11 rings (SSSR count). The Morgan fingerprint density at radius 2 is 0.754 bits per heavy atom. The Morgan fingerprint density at radius 3 is 1.19 bits per heavy atom. The van der Waals surface area contributed by atoms with Gasteiger partial charge in [-0.25, -0.2) is 9.97 Å². The SMILES string of the molecule is Cc1cc(C)cc(-c2ccc3c(c2)c2cc(-c4cc(C)cc(C)c4)ccc2n3-c2c(-c3ccc(C#N)cc3)cc(-c3cc(-c4ccccc4)nc(-c4ccccc4)n3)cc2-c2ccc(C#N)cc2)c1. The fourth-order valence-electron chi connectivity index (χ4n) is 9.89. The van der Waals surface area contributed by atoms with Gasteiger partial charge < -0.3 is 4.57 Å². The first-order valence-corrected chi connectivity index (χ1v) is 23.1. The van der Waals surface area contributed by atoms with E-state index in [4.69, 9.17) is 9.97 Å². The number of nitriles is 2. The second-order valence-electron chi connectivity index (χ2n) is 18.0. The van der Waals surface area contributed by atoms with Gasteiger partial charge >= 0.3 is 0 Å². The van der Waals surface area contributed by atoms with Crippen LogP contribution in [-0.2, 0) is 0 Å². The summed E-state index contributed by atoms with van der Waals surface area (Å²) in [7, 11) is 0. The van der Waals surface area contributed by atoms with Crippen molar-refractivity contribution in [2.45, 2.75) is 27.7 Å². The van der Waals surface area contributed by atoms with Crippen LogP contribution in [0.4, 0.5) is 0 Å². The Morgan fingerprint density at radius 1 is 0.348 bits per heavy atom. The van der Waals surface area contributed by atoms with Gasteiger partial charge in [0.2, 0.25) is 0 Å². The normalized spacial score (nSPS) is 11.2. The minimum atomic E-state index is 0.578. The van der Waals surface area contributed by atoms with Crippen LogP contribution in [0.3, 0.4) is 0 Å². The van der Waals surface area contributed by atoms with E-state index in [2.05, 4.69) is 148 Å². The predicted octanol–water partition coefficient (Wildman–Crippen LogP) is 16.2. The van der Waals surface area contributed by atoms with Crippen LogP contribution in [-0.4, -0.2) is 14.5 Å². The van der Waals surface area contributed by atoms with Gasteiger partial charge in [-0.05, 0) is 128 Å². The van der Waals surface area contributed by atoms with E-state index in [1.807, 2.05) is 97.1 Å². The first-order valence-electron chi connectivity index (χ1n) is 23.1. The molecule has 0 N–H and O–H groups in total. The fraction of sp³-hybridized carbons (Fsp3) is 0.0625. The molecule has 0 aliphatic carbocycles. The van der Waals surface area contributed by atoms with Crippen molar-refractivity contribution in [3.05, 3.63) is 234 Å². The number of hydrogen-bond donors (Lipinski definition) is 0. The second kappa shape index (κ2) is 17.6. The van der Waals surface area contributed by atoms with Gasteiger partial charge in [0.25, 0.3) is 0 Å². The monoisotopic (exact) mass is 883 g/mol. The lowest BCUT2D eigenvalue weighted by molar-refractivity contribution is 1.17. The molecule has 0 aliphatic rings. The Balaban J connectivity index is 1.26. The summed E-state index contributed by atoms with van der Waals surface area (Å²) in [4.78, 5) is 10.4. The average Bonchev–Trinajstić information content (AvgIpc) is 3.70. The van der Waals surface area contributed by atoms with Gasteiger partial charge in [0.05, 0.1) is 51.4 Å². The molecule has 2 heterocycles. The van der Waals surface area contributed by atoms with E-state index in [1.165, 1.54) is 33.4 Å². The van der Waals surface area contributed by atoms with Crippen molar-refractivity contribution in [3.8, 4) is 96.2 Å². The number of hydrogen-bond acceptors (Lipinski definition) is 4. The molecule has 0 atom stereocenters. The molecule has 0 amide bonds. The maximum absolute atomic E-state index is 9.99. The van der Waals surface area contributed by atoms with E-state index in [0.717, 1.165) is 89.0 Å². The van der Waals surface area contributed by atoms with Gasteiger partial charge in [0.1, 0.15) is 0 Å². The third kappa shape index (κ3) is 8.14. The van der Waals surface area contributed by atoms with E-state index < -0.39 is 0 Å². The number of fused-ring (bicyclic) bond motifs is 3. The predicted molar refractivity (Wildman–Crippen MR) is 283 cm³/mol. The molecule has 0 saturated heterocycles. The summed E-state index contributed by atoms with van der Waals surface area (Å²) in [5.41, 5.74) is 21.9. The van der Waals surface area contributed by atoms with Gasteiger partial charge in [0.15, 0.2) is 5.82 Å². The van der Waals surface area contributed by atoms with Crippen LogP contribution >= 0.6 is 0 Å². The Bertz CT molecular complexity index is 3580. The van der Waals surface area contributed by atoms with Crippen molar-refractivity contribution in [2.24, 2.45) is 0 Å². The van der Waals surface area contributed by atoms with E-state index in [1.54, 1.807) is 0 Å². The Kier molecular flexibility index (Phi) is 10.8. The molecule has 69 heavy (non-hydrogen) atoms. The highest BCUT2D eigenvalue weighted by atomic mass is 15.0. The quantitative estimate of drug-likeness (QED) is 0.152. The minimum Gasteiger partial charge on any atom is -0.308 e. The fourth-order valence-corrected chi connectivity index (χ4v) is 9.89. The lowest BCUT2D eigenvalue weighted by Gasteiger charge is -2.21. The molecular formula is C64H45N5. The highest BCUT2D eigenvalue weighted by Gasteiger charge is 2.24. The molecule has 2 aromatic heterocycles. The molecule has 0 bridgehead atoms. The number of aromatic nitrogens is 3. The zero-order valence-electron chi connectivity index (χ0n) is 38.8. The molecule has 5 nitrogen and oxygen atoms in total. The van der Waals surface area contributed by atoms with Gasteiger partial charge in [-0.2, -0.15) is 10.5 Å². The Labute approximate surface area is 402 Å². The lowest BCUT2D eigenvalue weighted by atomic mass is 9.91. The second-order valence-corrected chi connectivity index (χ2v) is 18.0. The van der Waals surface area contributed by atoms with Crippen LogP contribution in [0.25, 0.3) is 106 Å². The van der Waals surface area contributed by atoms with Crippen LogP contribution < -0.4 is 0 Å². The maximum atomic E-state index is 9.99. The van der Waals surface area contributed by atoms with Crippen molar-refractivity contribution in [2.75, 3.05) is 0 Å². The van der Waals surface area contributed by atoms with Gasteiger partial charge in [-0.1, -0.05) is 156 Å². The molecule has 9 aromatic carbocycles. The largest absolute Gasteiger partial charge is 0.308 e. The smallest absolute Gasteiger partial charge is 0.160 e. The molecule has 0 aliphatic heterocycles. The first kappa shape index (κ1) is 42.5. The molecule has 0 radical (unpaired) electrons. The average molecular weight is 884 g/mol. The van der Waals surface area contributed by atoms with Crippen molar-refractivity contribution >= 4 is 21.8 Å². The molecule has 326 valence electrons. The van der Waals surface area contributed by atoms with Crippen molar-refractivity contribution in [1.82, 2.24) is 14.5 Å². The summed E-state index contributed by atoms with van der Waals surface area (Å²) in [5, 5.41) is 22.2. The van der Waals surface area contributed by atoms with Gasteiger partial charge in [-0.15, -0.1) is 0 Å². The number of aryl methyl sites for hydroxylation is 4. The van der Waals surface area contributed by atoms with Crippen LogP contribution in [0.5, 0.6) is 0 Å². The maximum Gasteiger partial charge on any atom is 0.160 e. The van der Waals surface area contributed by atoms with Crippen molar-refractivity contribution in [1.29, 1.82) is 10.5 Å².